The quantitative estimate of drug-likeness (QED) is 0.792. The molecule has 116 valence electrons. The minimum Gasteiger partial charge on any atom is -0.375 e. The van der Waals surface area contributed by atoms with E-state index in [0.717, 1.165) is 16.8 Å². The third-order valence-electron chi connectivity index (χ3n) is 3.37. The van der Waals surface area contributed by atoms with Crippen LogP contribution in [0.4, 0.5) is 19.3 Å². The molecule has 0 aliphatic carbocycles. The van der Waals surface area contributed by atoms with E-state index in [9.17, 15) is 13.6 Å². The first-order valence-electron chi connectivity index (χ1n) is 6.74. The van der Waals surface area contributed by atoms with Gasteiger partial charge in [-0.05, 0) is 23.6 Å². The molecule has 0 saturated carbocycles. The summed E-state index contributed by atoms with van der Waals surface area (Å²) in [6.45, 7) is 0.149. The zero-order chi connectivity index (χ0) is 15.4. The number of benzene rings is 1. The number of carbonyl (C=O) groups excluding carboxylic acids is 1. The van der Waals surface area contributed by atoms with Gasteiger partial charge in [-0.2, -0.15) is 0 Å². The summed E-state index contributed by atoms with van der Waals surface area (Å²) < 4.78 is 28.7. The van der Waals surface area contributed by atoms with Crippen molar-refractivity contribution in [2.75, 3.05) is 25.6 Å². The molecule has 1 aliphatic heterocycles. The van der Waals surface area contributed by atoms with Crippen LogP contribution in [0.5, 0.6) is 0 Å². The second-order valence-electron chi connectivity index (χ2n) is 5.06. The number of nitrogens with two attached hydrogens (primary N) is 1. The Bertz CT molecular complexity index is 511. The van der Waals surface area contributed by atoms with E-state index < -0.39 is 13.0 Å². The van der Waals surface area contributed by atoms with Crippen LogP contribution in [0, 0.1) is 0 Å². The lowest BCUT2D eigenvalue weighted by atomic mass is 10.00. The van der Waals surface area contributed by atoms with Crippen molar-refractivity contribution in [1.29, 1.82) is 0 Å². The predicted molar refractivity (Wildman–Crippen MR) is 75.3 cm³/mol. The van der Waals surface area contributed by atoms with Gasteiger partial charge in [-0.25, -0.2) is 13.6 Å². The molecule has 1 atom stereocenters. The number of carbonyl (C=O) groups is 1. The van der Waals surface area contributed by atoms with Crippen molar-refractivity contribution in [1.82, 2.24) is 4.90 Å². The highest BCUT2D eigenvalue weighted by Gasteiger charge is 2.20. The Balaban J connectivity index is 1.95. The topological polar surface area (TPSA) is 67.6 Å². The summed E-state index contributed by atoms with van der Waals surface area (Å²) >= 11 is 0. The van der Waals surface area contributed by atoms with Gasteiger partial charge in [0.05, 0.1) is 0 Å². The fourth-order valence-corrected chi connectivity index (χ4v) is 2.18. The Morgan fingerprint density at radius 3 is 2.95 bits per heavy atom. The number of halogens is 2. The summed E-state index contributed by atoms with van der Waals surface area (Å²) in [7, 11) is 1.71. The van der Waals surface area contributed by atoms with E-state index in [-0.39, 0.29) is 18.7 Å². The lowest BCUT2D eigenvalue weighted by Crippen LogP contribution is -2.35. The number of anilines is 1. The van der Waals surface area contributed by atoms with Crippen LogP contribution in [0.3, 0.4) is 0 Å². The minimum absolute atomic E-state index is 0.139. The number of alkyl halides is 2. The molecule has 3 N–H and O–H groups in total. The molecule has 5 nitrogen and oxygen atoms in total. The van der Waals surface area contributed by atoms with Crippen LogP contribution in [-0.4, -0.2) is 37.6 Å². The zero-order valence-corrected chi connectivity index (χ0v) is 11.8. The van der Waals surface area contributed by atoms with Crippen molar-refractivity contribution >= 4 is 11.7 Å². The number of ether oxygens (including phenoxy) is 1. The molecule has 0 radical (unpaired) electrons. The lowest BCUT2D eigenvalue weighted by molar-refractivity contribution is 0.0152. The molecule has 7 heteroatoms. The highest BCUT2D eigenvalue weighted by Crippen LogP contribution is 2.26. The highest BCUT2D eigenvalue weighted by atomic mass is 19.3. The number of fused-ring (bicyclic) bond motifs is 1. The highest BCUT2D eigenvalue weighted by molar-refractivity contribution is 5.92. The number of rotatable bonds is 6. The molecule has 21 heavy (non-hydrogen) atoms. The van der Waals surface area contributed by atoms with E-state index in [1.165, 1.54) is 0 Å². The van der Waals surface area contributed by atoms with Crippen molar-refractivity contribution in [2.24, 2.45) is 5.73 Å². The van der Waals surface area contributed by atoms with Gasteiger partial charge < -0.3 is 20.7 Å². The Morgan fingerprint density at radius 1 is 1.48 bits per heavy atom. The van der Waals surface area contributed by atoms with E-state index in [0.29, 0.717) is 13.0 Å². The van der Waals surface area contributed by atoms with Gasteiger partial charge >= 0.3 is 6.03 Å². The maximum Gasteiger partial charge on any atom is 0.321 e. The van der Waals surface area contributed by atoms with Crippen LogP contribution in [0.2, 0.25) is 0 Å². The smallest absolute Gasteiger partial charge is 0.321 e. The zero-order valence-electron chi connectivity index (χ0n) is 11.8. The minimum atomic E-state index is -2.45. The predicted octanol–water partition coefficient (Wildman–Crippen LogP) is 2.34. The average molecular weight is 299 g/mol. The van der Waals surface area contributed by atoms with Gasteiger partial charge in [0.15, 0.2) is 0 Å². The molecule has 1 aromatic carbocycles. The molecule has 1 unspecified atom stereocenters. The van der Waals surface area contributed by atoms with Gasteiger partial charge in [0, 0.05) is 31.9 Å². The summed E-state index contributed by atoms with van der Waals surface area (Å²) in [6, 6.07) is 5.16. The van der Waals surface area contributed by atoms with Crippen molar-refractivity contribution in [2.45, 2.75) is 25.4 Å². The molecule has 1 aliphatic rings. The lowest BCUT2D eigenvalue weighted by Gasteiger charge is -2.27. The second-order valence-corrected chi connectivity index (χ2v) is 5.06. The standard InChI is InChI=1S/C14H19F2N3O2/c1-19-7-10-6-9(2-3-12(10)18-14(19)20)11(17)4-5-21-8-13(15)16/h2-3,6,11,13H,4-5,7-8,17H2,1H3,(H,18,20). The summed E-state index contributed by atoms with van der Waals surface area (Å²) in [6.07, 6.45) is -1.99. The van der Waals surface area contributed by atoms with Crippen LogP contribution in [0.25, 0.3) is 0 Å². The molecule has 2 amide bonds. The van der Waals surface area contributed by atoms with Crippen LogP contribution in [-0.2, 0) is 11.3 Å². The number of nitrogens with zero attached hydrogens (tertiary/aromatic N) is 1. The third kappa shape index (κ3) is 4.12. The van der Waals surface area contributed by atoms with Crippen molar-refractivity contribution in [3.63, 3.8) is 0 Å². The molecule has 0 aromatic heterocycles. The number of nitrogens with one attached hydrogen (secondary N) is 1. The molecular formula is C14H19F2N3O2. The van der Waals surface area contributed by atoms with E-state index in [1.807, 2.05) is 18.2 Å². The molecule has 0 saturated heterocycles. The van der Waals surface area contributed by atoms with Crippen LogP contribution < -0.4 is 11.1 Å². The molecule has 0 spiro atoms. The molecule has 2 rings (SSSR count). The average Bonchev–Trinajstić information content (AvgIpc) is 2.44. The first kappa shape index (κ1) is 15.7. The van der Waals surface area contributed by atoms with E-state index in [2.05, 4.69) is 5.32 Å². The number of amides is 2. The fraction of sp³-hybridized carbons (Fsp3) is 0.500. The third-order valence-corrected chi connectivity index (χ3v) is 3.37. The molecule has 0 fully saturated rings. The van der Waals surface area contributed by atoms with Crippen LogP contribution >= 0.6 is 0 Å². The summed E-state index contributed by atoms with van der Waals surface area (Å²) in [5, 5.41) is 2.78. The maximum atomic E-state index is 11.9. The molecule has 0 bridgehead atoms. The van der Waals surface area contributed by atoms with Gasteiger partial charge in [0.1, 0.15) is 6.61 Å². The molecular weight excluding hydrogens is 280 g/mol. The van der Waals surface area contributed by atoms with Crippen LogP contribution in [0.1, 0.15) is 23.6 Å². The normalized spacial score (nSPS) is 15.9. The number of hydrogen-bond acceptors (Lipinski definition) is 3. The monoisotopic (exact) mass is 299 g/mol. The van der Waals surface area contributed by atoms with Gasteiger partial charge in [-0.3, -0.25) is 0 Å². The van der Waals surface area contributed by atoms with E-state index in [1.54, 1.807) is 11.9 Å². The number of urea groups is 1. The SMILES string of the molecule is CN1Cc2cc(C(N)CCOCC(F)F)ccc2NC1=O. The van der Waals surface area contributed by atoms with E-state index >= 15 is 0 Å². The number of hydrogen-bond donors (Lipinski definition) is 2. The summed E-state index contributed by atoms with van der Waals surface area (Å²) in [5.74, 6) is 0. The molecule has 1 heterocycles. The van der Waals surface area contributed by atoms with E-state index in [4.69, 9.17) is 10.5 Å². The van der Waals surface area contributed by atoms with Gasteiger partial charge in [0.25, 0.3) is 6.43 Å². The first-order valence-corrected chi connectivity index (χ1v) is 6.74. The van der Waals surface area contributed by atoms with Gasteiger partial charge in [-0.15, -0.1) is 0 Å². The Kier molecular flexibility index (Phi) is 5.08. The first-order chi connectivity index (χ1) is 9.97. The van der Waals surface area contributed by atoms with Crippen LogP contribution in [0.15, 0.2) is 18.2 Å². The second kappa shape index (κ2) is 6.82. The van der Waals surface area contributed by atoms with Gasteiger partial charge in [-0.1, -0.05) is 12.1 Å². The largest absolute Gasteiger partial charge is 0.375 e. The Labute approximate surface area is 122 Å². The summed E-state index contributed by atoms with van der Waals surface area (Å²) in [5.41, 5.74) is 8.71. The maximum absolute atomic E-state index is 11.9. The Morgan fingerprint density at radius 2 is 2.24 bits per heavy atom. The fourth-order valence-electron chi connectivity index (χ4n) is 2.18. The van der Waals surface area contributed by atoms with Crippen molar-refractivity contribution in [3.8, 4) is 0 Å². The summed E-state index contributed by atoms with van der Waals surface area (Å²) in [4.78, 5) is 13.1. The Hall–Kier alpha value is -1.73. The van der Waals surface area contributed by atoms with Crippen molar-refractivity contribution in [3.05, 3.63) is 29.3 Å². The van der Waals surface area contributed by atoms with Gasteiger partial charge in [0.2, 0.25) is 0 Å². The molecule has 1 aromatic rings. The van der Waals surface area contributed by atoms with Crippen molar-refractivity contribution < 1.29 is 18.3 Å².